The van der Waals surface area contributed by atoms with E-state index in [1.165, 1.54) is 24.0 Å². The van der Waals surface area contributed by atoms with E-state index in [9.17, 15) is 0 Å². The standard InChI is InChI=1S/C13H22S2/c1-5-10-14-15-11-9-13(4)8-6-7-12(2)3/h5,7,9H,1,6,8,10-11H2,2-4H3. The lowest BCUT2D eigenvalue weighted by molar-refractivity contribution is 0.964. The molecule has 0 bridgehead atoms. The first-order chi connectivity index (χ1) is 7.16. The van der Waals surface area contributed by atoms with Gasteiger partial charge in [-0.2, -0.15) is 0 Å². The summed E-state index contributed by atoms with van der Waals surface area (Å²) in [7, 11) is 3.77. The third kappa shape index (κ3) is 11.8. The van der Waals surface area contributed by atoms with Crippen LogP contribution in [0.5, 0.6) is 0 Å². The molecular weight excluding hydrogens is 220 g/mol. The van der Waals surface area contributed by atoms with Gasteiger partial charge in [-0.05, 0) is 33.6 Å². The second-order valence-electron chi connectivity index (χ2n) is 3.73. The zero-order chi connectivity index (χ0) is 11.5. The van der Waals surface area contributed by atoms with Gasteiger partial charge in [0.25, 0.3) is 0 Å². The topological polar surface area (TPSA) is 0 Å². The van der Waals surface area contributed by atoms with E-state index in [1.54, 1.807) is 0 Å². The largest absolute Gasteiger partial charge is 0.102 e. The normalized spacial score (nSPS) is 11.3. The summed E-state index contributed by atoms with van der Waals surface area (Å²) in [6.07, 6.45) is 8.95. The molecule has 0 aromatic carbocycles. The monoisotopic (exact) mass is 242 g/mol. The molecule has 0 rings (SSSR count). The fourth-order valence-electron chi connectivity index (χ4n) is 1.01. The Morgan fingerprint density at radius 3 is 2.33 bits per heavy atom. The summed E-state index contributed by atoms with van der Waals surface area (Å²) in [6.45, 7) is 10.2. The summed E-state index contributed by atoms with van der Waals surface area (Å²) in [5.41, 5.74) is 2.91. The van der Waals surface area contributed by atoms with Crippen LogP contribution in [0, 0.1) is 0 Å². The minimum atomic E-state index is 1.04. The minimum absolute atomic E-state index is 1.04. The van der Waals surface area contributed by atoms with Crippen LogP contribution in [0.25, 0.3) is 0 Å². The van der Waals surface area contributed by atoms with Crippen LogP contribution >= 0.6 is 21.6 Å². The van der Waals surface area contributed by atoms with Gasteiger partial charge in [-0.25, -0.2) is 0 Å². The summed E-state index contributed by atoms with van der Waals surface area (Å²) in [5, 5.41) is 0. The molecule has 0 unspecified atom stereocenters. The zero-order valence-corrected chi connectivity index (χ0v) is 11.7. The van der Waals surface area contributed by atoms with Gasteiger partial charge in [0, 0.05) is 11.5 Å². The van der Waals surface area contributed by atoms with Gasteiger partial charge in [-0.1, -0.05) is 51.0 Å². The van der Waals surface area contributed by atoms with Gasteiger partial charge in [0.15, 0.2) is 0 Å². The Morgan fingerprint density at radius 1 is 1.07 bits per heavy atom. The molecule has 0 aromatic heterocycles. The van der Waals surface area contributed by atoms with Crippen molar-refractivity contribution in [2.75, 3.05) is 11.5 Å². The maximum atomic E-state index is 3.69. The molecule has 0 N–H and O–H groups in total. The summed E-state index contributed by atoms with van der Waals surface area (Å²) < 4.78 is 0. The maximum Gasteiger partial charge on any atom is 0.0220 e. The van der Waals surface area contributed by atoms with Crippen LogP contribution < -0.4 is 0 Å². The second kappa shape index (κ2) is 10.4. The van der Waals surface area contributed by atoms with E-state index < -0.39 is 0 Å². The first-order valence-corrected chi connectivity index (χ1v) is 7.80. The molecule has 0 spiro atoms. The van der Waals surface area contributed by atoms with Crippen molar-refractivity contribution < 1.29 is 0 Å². The van der Waals surface area contributed by atoms with Gasteiger partial charge < -0.3 is 0 Å². The predicted molar refractivity (Wildman–Crippen MR) is 77.5 cm³/mol. The smallest absolute Gasteiger partial charge is 0.0220 e. The molecule has 0 saturated carbocycles. The van der Waals surface area contributed by atoms with Crippen LogP contribution in [-0.4, -0.2) is 11.5 Å². The Hall–Kier alpha value is -0.0800. The molecule has 86 valence electrons. The first-order valence-electron chi connectivity index (χ1n) is 5.31. The number of hydrogen-bond acceptors (Lipinski definition) is 2. The SMILES string of the molecule is C=CCSSCC=C(C)CCC=C(C)C. The summed E-state index contributed by atoms with van der Waals surface area (Å²) >= 11 is 0. The van der Waals surface area contributed by atoms with E-state index in [0.29, 0.717) is 0 Å². The molecular formula is C13H22S2. The fourth-order valence-corrected chi connectivity index (χ4v) is 2.72. The lowest BCUT2D eigenvalue weighted by Gasteiger charge is -1.99. The Balaban J connectivity index is 3.52. The molecule has 0 heterocycles. The van der Waals surface area contributed by atoms with E-state index >= 15 is 0 Å². The Bertz CT molecular complexity index is 223. The van der Waals surface area contributed by atoms with Crippen molar-refractivity contribution in [2.24, 2.45) is 0 Å². The molecule has 0 aliphatic carbocycles. The molecule has 0 aliphatic rings. The third-order valence-corrected chi connectivity index (χ3v) is 4.02. The highest BCUT2D eigenvalue weighted by Gasteiger charge is 1.89. The Labute approximate surface area is 103 Å². The zero-order valence-electron chi connectivity index (χ0n) is 10.1. The van der Waals surface area contributed by atoms with Crippen LogP contribution in [0.1, 0.15) is 33.6 Å². The van der Waals surface area contributed by atoms with E-state index in [-0.39, 0.29) is 0 Å². The van der Waals surface area contributed by atoms with Crippen LogP contribution in [0.3, 0.4) is 0 Å². The highest BCUT2D eigenvalue weighted by atomic mass is 33.1. The Morgan fingerprint density at radius 2 is 1.73 bits per heavy atom. The highest BCUT2D eigenvalue weighted by Crippen LogP contribution is 2.21. The Kier molecular flexibility index (Phi) is 10.4. The molecule has 0 atom stereocenters. The average Bonchev–Trinajstić information content (AvgIpc) is 2.17. The highest BCUT2D eigenvalue weighted by molar-refractivity contribution is 8.76. The van der Waals surface area contributed by atoms with Gasteiger partial charge in [0.05, 0.1) is 0 Å². The number of rotatable bonds is 8. The van der Waals surface area contributed by atoms with Crippen LogP contribution in [0.2, 0.25) is 0 Å². The molecule has 0 saturated heterocycles. The predicted octanol–water partition coefficient (Wildman–Crippen LogP) is 5.25. The van der Waals surface area contributed by atoms with E-state index in [0.717, 1.165) is 11.5 Å². The van der Waals surface area contributed by atoms with Crippen molar-refractivity contribution in [2.45, 2.75) is 33.6 Å². The lowest BCUT2D eigenvalue weighted by Crippen LogP contribution is -1.79. The van der Waals surface area contributed by atoms with E-state index in [1.807, 2.05) is 27.7 Å². The van der Waals surface area contributed by atoms with Gasteiger partial charge in [0.2, 0.25) is 0 Å². The summed E-state index contributed by atoms with van der Waals surface area (Å²) in [4.78, 5) is 0. The quantitative estimate of drug-likeness (QED) is 0.324. The summed E-state index contributed by atoms with van der Waals surface area (Å²) in [5.74, 6) is 2.15. The molecule has 0 nitrogen and oxygen atoms in total. The summed E-state index contributed by atoms with van der Waals surface area (Å²) in [6, 6.07) is 0. The molecule has 0 aromatic rings. The second-order valence-corrected chi connectivity index (χ2v) is 6.28. The van der Waals surface area contributed by atoms with Crippen molar-refractivity contribution in [1.82, 2.24) is 0 Å². The van der Waals surface area contributed by atoms with Crippen LogP contribution in [-0.2, 0) is 0 Å². The van der Waals surface area contributed by atoms with Crippen molar-refractivity contribution in [3.05, 3.63) is 36.0 Å². The van der Waals surface area contributed by atoms with E-state index in [4.69, 9.17) is 0 Å². The molecule has 15 heavy (non-hydrogen) atoms. The average molecular weight is 242 g/mol. The fraction of sp³-hybridized carbons (Fsp3) is 0.538. The van der Waals surface area contributed by atoms with Gasteiger partial charge >= 0.3 is 0 Å². The van der Waals surface area contributed by atoms with Gasteiger partial charge in [0.1, 0.15) is 0 Å². The molecule has 0 amide bonds. The minimum Gasteiger partial charge on any atom is -0.102 e. The van der Waals surface area contributed by atoms with E-state index in [2.05, 4.69) is 39.5 Å². The lowest BCUT2D eigenvalue weighted by atomic mass is 10.1. The van der Waals surface area contributed by atoms with Gasteiger partial charge in [-0.3, -0.25) is 0 Å². The number of allylic oxidation sites excluding steroid dienone is 3. The molecule has 2 heteroatoms. The van der Waals surface area contributed by atoms with Gasteiger partial charge in [-0.15, -0.1) is 6.58 Å². The third-order valence-electron chi connectivity index (χ3n) is 1.86. The van der Waals surface area contributed by atoms with Crippen molar-refractivity contribution >= 4 is 21.6 Å². The maximum absolute atomic E-state index is 3.69. The van der Waals surface area contributed by atoms with Crippen LogP contribution in [0.4, 0.5) is 0 Å². The van der Waals surface area contributed by atoms with Crippen molar-refractivity contribution in [3.8, 4) is 0 Å². The van der Waals surface area contributed by atoms with Crippen LogP contribution in [0.15, 0.2) is 36.0 Å². The van der Waals surface area contributed by atoms with Crippen molar-refractivity contribution in [3.63, 3.8) is 0 Å². The first kappa shape index (κ1) is 14.9. The molecule has 0 aliphatic heterocycles. The molecule has 0 fully saturated rings. The molecule has 0 radical (unpaired) electrons. The number of hydrogen-bond donors (Lipinski definition) is 0. The van der Waals surface area contributed by atoms with Crippen molar-refractivity contribution in [1.29, 1.82) is 0 Å².